The summed E-state index contributed by atoms with van der Waals surface area (Å²) < 4.78 is 4.97. The van der Waals surface area contributed by atoms with Crippen molar-refractivity contribution in [3.05, 3.63) is 54.0 Å². The molecule has 0 saturated carbocycles. The number of carbonyl (C=O) groups is 1. The topological polar surface area (TPSA) is 67.4 Å². The van der Waals surface area contributed by atoms with E-state index in [2.05, 4.69) is 39.2 Å². The van der Waals surface area contributed by atoms with Crippen LogP contribution >= 0.6 is 0 Å². The van der Waals surface area contributed by atoms with Gasteiger partial charge in [0, 0.05) is 39.4 Å². The van der Waals surface area contributed by atoms with Gasteiger partial charge in [-0.2, -0.15) is 0 Å². The highest BCUT2D eigenvalue weighted by molar-refractivity contribution is 5.92. The number of methoxy groups -OCH3 is 1. The Balaban J connectivity index is 2.03. The Morgan fingerprint density at radius 3 is 2.75 bits per heavy atom. The molecule has 1 N–H and O–H groups in total. The van der Waals surface area contributed by atoms with E-state index in [9.17, 15) is 4.79 Å². The molecule has 0 aliphatic carbocycles. The number of hydrogen-bond acceptors (Lipinski definition) is 5. The van der Waals surface area contributed by atoms with Crippen molar-refractivity contribution in [2.24, 2.45) is 0 Å². The Bertz CT molecular complexity index is 634. The van der Waals surface area contributed by atoms with Gasteiger partial charge in [0.05, 0.1) is 0 Å². The van der Waals surface area contributed by atoms with Gasteiger partial charge < -0.3 is 15.0 Å². The molecule has 0 bridgehead atoms. The molecule has 0 spiro atoms. The third-order valence-corrected chi connectivity index (χ3v) is 3.62. The van der Waals surface area contributed by atoms with Crippen molar-refractivity contribution in [1.82, 2.24) is 15.3 Å². The molecule has 0 atom stereocenters. The van der Waals surface area contributed by atoms with Crippen LogP contribution < -0.4 is 10.2 Å². The molecule has 6 nitrogen and oxygen atoms in total. The highest BCUT2D eigenvalue weighted by Gasteiger charge is 2.12. The maximum Gasteiger partial charge on any atom is 0.270 e. The van der Waals surface area contributed by atoms with Crippen LogP contribution in [0, 0.1) is 0 Å². The Morgan fingerprint density at radius 2 is 2.04 bits per heavy atom. The molecular formula is C18H24N4O2. The van der Waals surface area contributed by atoms with Crippen molar-refractivity contribution in [3.63, 3.8) is 0 Å². The van der Waals surface area contributed by atoms with Crippen molar-refractivity contribution in [2.75, 3.05) is 31.7 Å². The molecular weight excluding hydrogens is 304 g/mol. The van der Waals surface area contributed by atoms with E-state index in [1.165, 1.54) is 11.9 Å². The van der Waals surface area contributed by atoms with Crippen LogP contribution in [-0.4, -0.2) is 42.7 Å². The van der Waals surface area contributed by atoms with Crippen LogP contribution in [0.2, 0.25) is 0 Å². The van der Waals surface area contributed by atoms with Crippen molar-refractivity contribution in [3.8, 4) is 0 Å². The van der Waals surface area contributed by atoms with Gasteiger partial charge in [0.15, 0.2) is 0 Å². The van der Waals surface area contributed by atoms with Crippen LogP contribution in [0.4, 0.5) is 5.82 Å². The average Bonchev–Trinajstić information content (AvgIpc) is 2.64. The molecule has 1 amide bonds. The van der Waals surface area contributed by atoms with Crippen LogP contribution in [0.25, 0.3) is 0 Å². The normalized spacial score (nSPS) is 10.4. The second-order valence-corrected chi connectivity index (χ2v) is 5.36. The lowest BCUT2D eigenvalue weighted by molar-refractivity contribution is 0.0943. The van der Waals surface area contributed by atoms with E-state index < -0.39 is 0 Å². The summed E-state index contributed by atoms with van der Waals surface area (Å²) in [5, 5.41) is 2.84. The number of amides is 1. The van der Waals surface area contributed by atoms with Gasteiger partial charge in [0.1, 0.15) is 17.8 Å². The maximum atomic E-state index is 12.2. The zero-order valence-corrected chi connectivity index (χ0v) is 14.2. The van der Waals surface area contributed by atoms with Crippen LogP contribution in [0.15, 0.2) is 42.7 Å². The Morgan fingerprint density at radius 1 is 1.25 bits per heavy atom. The van der Waals surface area contributed by atoms with Crippen molar-refractivity contribution < 1.29 is 9.53 Å². The average molecular weight is 328 g/mol. The minimum absolute atomic E-state index is 0.189. The number of rotatable bonds is 9. The number of ether oxygens (including phenoxy) is 1. The number of aromatic nitrogens is 2. The van der Waals surface area contributed by atoms with Gasteiger partial charge in [-0.05, 0) is 18.9 Å². The molecule has 1 aromatic heterocycles. The lowest BCUT2D eigenvalue weighted by Crippen LogP contribution is -2.27. The molecule has 0 aliphatic rings. The first kappa shape index (κ1) is 17.9. The van der Waals surface area contributed by atoms with Gasteiger partial charge in [-0.3, -0.25) is 4.79 Å². The van der Waals surface area contributed by atoms with Crippen LogP contribution in [0.5, 0.6) is 0 Å². The van der Waals surface area contributed by atoms with Gasteiger partial charge in [0.25, 0.3) is 5.91 Å². The summed E-state index contributed by atoms with van der Waals surface area (Å²) in [5.41, 5.74) is 1.58. The molecule has 2 rings (SSSR count). The quantitative estimate of drug-likeness (QED) is 0.715. The van der Waals surface area contributed by atoms with E-state index in [1.807, 2.05) is 18.2 Å². The Hall–Kier alpha value is -2.47. The standard InChI is InChI=1S/C18H24N4O2/c1-3-22(13-15-8-5-4-6-9-15)17-12-16(20-14-21-17)18(23)19-10-7-11-24-2/h4-6,8-9,12,14H,3,7,10-11,13H2,1-2H3,(H,19,23). The number of benzene rings is 1. The van der Waals surface area contributed by atoms with Gasteiger partial charge >= 0.3 is 0 Å². The van der Waals surface area contributed by atoms with Crippen molar-refractivity contribution in [2.45, 2.75) is 19.9 Å². The zero-order chi connectivity index (χ0) is 17.2. The second kappa shape index (κ2) is 9.62. The zero-order valence-electron chi connectivity index (χ0n) is 14.2. The van der Waals surface area contributed by atoms with E-state index >= 15 is 0 Å². The molecule has 1 heterocycles. The number of anilines is 1. The molecule has 0 fully saturated rings. The third kappa shape index (κ3) is 5.31. The molecule has 128 valence electrons. The lowest BCUT2D eigenvalue weighted by atomic mass is 10.2. The fraction of sp³-hybridized carbons (Fsp3) is 0.389. The van der Waals surface area contributed by atoms with Gasteiger partial charge in [-0.15, -0.1) is 0 Å². The van der Waals surface area contributed by atoms with Crippen LogP contribution in [0.1, 0.15) is 29.4 Å². The molecule has 0 unspecified atom stereocenters. The summed E-state index contributed by atoms with van der Waals surface area (Å²) in [6.07, 6.45) is 2.21. The Kier molecular flexibility index (Phi) is 7.17. The summed E-state index contributed by atoms with van der Waals surface area (Å²) >= 11 is 0. The number of nitrogens with one attached hydrogen (secondary N) is 1. The van der Waals surface area contributed by atoms with E-state index in [1.54, 1.807) is 13.2 Å². The molecule has 0 radical (unpaired) electrons. The SMILES string of the molecule is CCN(Cc1ccccc1)c1cc(C(=O)NCCCOC)ncn1. The van der Waals surface area contributed by atoms with Gasteiger partial charge in [0.2, 0.25) is 0 Å². The molecule has 6 heteroatoms. The van der Waals surface area contributed by atoms with Gasteiger partial charge in [-0.25, -0.2) is 9.97 Å². The largest absolute Gasteiger partial charge is 0.385 e. The first-order valence-electron chi connectivity index (χ1n) is 8.12. The second-order valence-electron chi connectivity index (χ2n) is 5.36. The minimum atomic E-state index is -0.189. The molecule has 0 aliphatic heterocycles. The number of hydrogen-bond donors (Lipinski definition) is 1. The molecule has 2 aromatic rings. The maximum absolute atomic E-state index is 12.2. The first-order valence-corrected chi connectivity index (χ1v) is 8.12. The summed E-state index contributed by atoms with van der Waals surface area (Å²) in [6.45, 7) is 4.78. The summed E-state index contributed by atoms with van der Waals surface area (Å²) in [6, 6.07) is 11.9. The van der Waals surface area contributed by atoms with E-state index in [-0.39, 0.29) is 5.91 Å². The van der Waals surface area contributed by atoms with Crippen LogP contribution in [-0.2, 0) is 11.3 Å². The van der Waals surface area contributed by atoms with Crippen molar-refractivity contribution >= 4 is 11.7 Å². The predicted molar refractivity (Wildman–Crippen MR) is 94.0 cm³/mol. The summed E-state index contributed by atoms with van der Waals surface area (Å²) in [5.74, 6) is 0.559. The first-order chi connectivity index (χ1) is 11.7. The van der Waals surface area contributed by atoms with Crippen LogP contribution in [0.3, 0.4) is 0 Å². The summed E-state index contributed by atoms with van der Waals surface area (Å²) in [7, 11) is 1.64. The molecule has 24 heavy (non-hydrogen) atoms. The van der Waals surface area contributed by atoms with Gasteiger partial charge in [-0.1, -0.05) is 30.3 Å². The van der Waals surface area contributed by atoms with E-state index in [0.29, 0.717) is 18.8 Å². The van der Waals surface area contributed by atoms with E-state index in [4.69, 9.17) is 4.74 Å². The minimum Gasteiger partial charge on any atom is -0.385 e. The molecule has 0 saturated heterocycles. The lowest BCUT2D eigenvalue weighted by Gasteiger charge is -2.22. The van der Waals surface area contributed by atoms with Crippen molar-refractivity contribution in [1.29, 1.82) is 0 Å². The predicted octanol–water partition coefficient (Wildman–Crippen LogP) is 2.27. The smallest absolute Gasteiger partial charge is 0.270 e. The summed E-state index contributed by atoms with van der Waals surface area (Å²) in [4.78, 5) is 22.7. The fourth-order valence-electron chi connectivity index (χ4n) is 2.31. The fourth-order valence-corrected chi connectivity index (χ4v) is 2.31. The highest BCUT2D eigenvalue weighted by atomic mass is 16.5. The van der Waals surface area contributed by atoms with E-state index in [0.717, 1.165) is 25.3 Å². The Labute approximate surface area is 142 Å². The molecule has 1 aromatic carbocycles. The number of nitrogens with zero attached hydrogens (tertiary/aromatic N) is 3. The number of carbonyl (C=O) groups excluding carboxylic acids is 1. The monoisotopic (exact) mass is 328 g/mol. The third-order valence-electron chi connectivity index (χ3n) is 3.62. The highest BCUT2D eigenvalue weighted by Crippen LogP contribution is 2.14.